The summed E-state index contributed by atoms with van der Waals surface area (Å²) in [4.78, 5) is 12.1. The SMILES string of the molecule is CC(C)CCCC(C)C1CCC2C3CCC4=CC(OC(=O)OC(C)C)CCC4(C)C3CCC12C. The molecular formula is C31H52O3. The molecule has 0 heterocycles. The van der Waals surface area contributed by atoms with Crippen molar-refractivity contribution in [2.45, 2.75) is 131 Å². The molecule has 0 spiro atoms. The fourth-order valence-electron chi connectivity index (χ4n) is 9.16. The third kappa shape index (κ3) is 4.96. The quantitative estimate of drug-likeness (QED) is 0.274. The first-order valence-electron chi connectivity index (χ1n) is 14.6. The highest BCUT2D eigenvalue weighted by molar-refractivity contribution is 5.60. The number of rotatable bonds is 7. The molecule has 0 amide bonds. The third-order valence-electron chi connectivity index (χ3n) is 10.9. The van der Waals surface area contributed by atoms with Crippen molar-refractivity contribution in [3.8, 4) is 0 Å². The van der Waals surface area contributed by atoms with Gasteiger partial charge in [0.25, 0.3) is 0 Å². The van der Waals surface area contributed by atoms with Crippen molar-refractivity contribution < 1.29 is 14.3 Å². The van der Waals surface area contributed by atoms with Crippen LogP contribution in [-0.4, -0.2) is 18.4 Å². The summed E-state index contributed by atoms with van der Waals surface area (Å²) in [6, 6.07) is 0. The number of hydrogen-bond donors (Lipinski definition) is 0. The van der Waals surface area contributed by atoms with Crippen LogP contribution in [0.15, 0.2) is 11.6 Å². The molecule has 0 aromatic heterocycles. The normalized spacial score (nSPS) is 40.3. The minimum absolute atomic E-state index is 0.109. The molecule has 0 saturated heterocycles. The molecule has 0 N–H and O–H groups in total. The maximum atomic E-state index is 12.1. The van der Waals surface area contributed by atoms with Crippen molar-refractivity contribution >= 4 is 6.16 Å². The summed E-state index contributed by atoms with van der Waals surface area (Å²) < 4.78 is 10.9. The highest BCUT2D eigenvalue weighted by Gasteiger charge is 2.59. The first kappa shape index (κ1) is 26.1. The zero-order chi connectivity index (χ0) is 24.7. The lowest BCUT2D eigenvalue weighted by molar-refractivity contribution is -0.0649. The van der Waals surface area contributed by atoms with Gasteiger partial charge in [-0.1, -0.05) is 59.5 Å². The van der Waals surface area contributed by atoms with Gasteiger partial charge in [-0.15, -0.1) is 0 Å². The molecule has 8 atom stereocenters. The van der Waals surface area contributed by atoms with Gasteiger partial charge in [0.1, 0.15) is 6.10 Å². The van der Waals surface area contributed by atoms with Crippen LogP contribution in [0.3, 0.4) is 0 Å². The van der Waals surface area contributed by atoms with Gasteiger partial charge in [0.2, 0.25) is 0 Å². The van der Waals surface area contributed by atoms with Gasteiger partial charge in [0, 0.05) is 0 Å². The van der Waals surface area contributed by atoms with Crippen LogP contribution >= 0.6 is 0 Å². The van der Waals surface area contributed by atoms with E-state index in [-0.39, 0.29) is 12.2 Å². The summed E-state index contributed by atoms with van der Waals surface area (Å²) in [6.45, 7) is 16.3. The van der Waals surface area contributed by atoms with Crippen molar-refractivity contribution in [1.82, 2.24) is 0 Å². The molecule has 3 heteroatoms. The van der Waals surface area contributed by atoms with E-state index in [9.17, 15) is 4.79 Å². The second-order valence-corrected chi connectivity index (χ2v) is 13.7. The highest BCUT2D eigenvalue weighted by atomic mass is 16.7. The van der Waals surface area contributed by atoms with Crippen LogP contribution in [0.25, 0.3) is 0 Å². The molecule has 3 nitrogen and oxygen atoms in total. The minimum Gasteiger partial charge on any atom is -0.432 e. The van der Waals surface area contributed by atoms with Crippen LogP contribution in [0.4, 0.5) is 4.79 Å². The van der Waals surface area contributed by atoms with Crippen LogP contribution in [0.1, 0.15) is 119 Å². The second-order valence-electron chi connectivity index (χ2n) is 13.7. The van der Waals surface area contributed by atoms with Crippen LogP contribution in [0.2, 0.25) is 0 Å². The zero-order valence-electron chi connectivity index (χ0n) is 23.2. The molecule has 4 aliphatic carbocycles. The van der Waals surface area contributed by atoms with Crippen LogP contribution < -0.4 is 0 Å². The lowest BCUT2D eigenvalue weighted by atomic mass is 9.46. The van der Waals surface area contributed by atoms with Gasteiger partial charge < -0.3 is 9.47 Å². The molecular weight excluding hydrogens is 420 g/mol. The van der Waals surface area contributed by atoms with E-state index in [2.05, 4.69) is 40.7 Å². The van der Waals surface area contributed by atoms with Crippen molar-refractivity contribution in [3.05, 3.63) is 11.6 Å². The minimum atomic E-state index is -0.512. The summed E-state index contributed by atoms with van der Waals surface area (Å²) in [5, 5.41) is 0. The third-order valence-corrected chi connectivity index (χ3v) is 10.9. The molecule has 3 fully saturated rings. The average Bonchev–Trinajstić information content (AvgIpc) is 3.10. The molecule has 0 aromatic carbocycles. The van der Waals surface area contributed by atoms with Gasteiger partial charge in [-0.2, -0.15) is 0 Å². The lowest BCUT2D eigenvalue weighted by Crippen LogP contribution is -2.51. The van der Waals surface area contributed by atoms with E-state index in [1.165, 1.54) is 57.8 Å². The summed E-state index contributed by atoms with van der Waals surface area (Å²) in [5.41, 5.74) is 2.42. The molecule has 4 aliphatic rings. The molecule has 0 radical (unpaired) electrons. The monoisotopic (exact) mass is 472 g/mol. The van der Waals surface area contributed by atoms with E-state index in [0.29, 0.717) is 10.8 Å². The fourth-order valence-corrected chi connectivity index (χ4v) is 9.16. The molecule has 4 rings (SSSR count). The lowest BCUT2D eigenvalue weighted by Gasteiger charge is -2.59. The summed E-state index contributed by atoms with van der Waals surface area (Å²) in [5.74, 6) is 5.24. The van der Waals surface area contributed by atoms with E-state index in [1.807, 2.05) is 13.8 Å². The molecule has 194 valence electrons. The Balaban J connectivity index is 1.43. The molecule has 0 bridgehead atoms. The number of ether oxygens (including phenoxy) is 2. The molecule has 3 saturated carbocycles. The highest BCUT2D eigenvalue weighted by Crippen LogP contribution is 2.67. The molecule has 0 aliphatic heterocycles. The van der Waals surface area contributed by atoms with E-state index in [1.54, 1.807) is 5.57 Å². The zero-order valence-corrected chi connectivity index (χ0v) is 23.2. The molecule has 8 unspecified atom stereocenters. The van der Waals surface area contributed by atoms with E-state index in [0.717, 1.165) is 48.3 Å². The standard InChI is InChI=1S/C31H52O3/c1-20(2)9-8-10-22(5)26-13-14-27-25-12-11-23-19-24(34-29(32)33-21(3)4)15-17-30(23,6)28(25)16-18-31(26,27)7/h19-22,24-28H,8-18H2,1-7H3. The van der Waals surface area contributed by atoms with E-state index in [4.69, 9.17) is 9.47 Å². The van der Waals surface area contributed by atoms with Gasteiger partial charge in [-0.25, -0.2) is 4.79 Å². The first-order chi connectivity index (χ1) is 16.0. The largest absolute Gasteiger partial charge is 0.509 e. The van der Waals surface area contributed by atoms with Gasteiger partial charge in [-0.3, -0.25) is 0 Å². The van der Waals surface area contributed by atoms with Gasteiger partial charge in [0.15, 0.2) is 0 Å². The molecule has 34 heavy (non-hydrogen) atoms. The summed E-state index contributed by atoms with van der Waals surface area (Å²) >= 11 is 0. The Morgan fingerprint density at radius 3 is 2.44 bits per heavy atom. The average molecular weight is 473 g/mol. The maximum Gasteiger partial charge on any atom is 0.509 e. The Hall–Kier alpha value is -0.990. The predicted octanol–water partition coefficient (Wildman–Crippen LogP) is 8.96. The maximum absolute atomic E-state index is 12.1. The Kier molecular flexibility index (Phi) is 7.80. The Morgan fingerprint density at radius 1 is 0.971 bits per heavy atom. The summed E-state index contributed by atoms with van der Waals surface area (Å²) in [6.07, 6.45) is 16.1. The Morgan fingerprint density at radius 2 is 1.74 bits per heavy atom. The van der Waals surface area contributed by atoms with Crippen LogP contribution in [-0.2, 0) is 9.47 Å². The summed E-state index contributed by atoms with van der Waals surface area (Å²) in [7, 11) is 0. The smallest absolute Gasteiger partial charge is 0.432 e. The van der Waals surface area contributed by atoms with Crippen LogP contribution in [0.5, 0.6) is 0 Å². The Labute approximate surface area is 209 Å². The van der Waals surface area contributed by atoms with E-state index < -0.39 is 6.16 Å². The number of carbonyl (C=O) groups is 1. The predicted molar refractivity (Wildman–Crippen MR) is 140 cm³/mol. The van der Waals surface area contributed by atoms with Gasteiger partial charge in [0.05, 0.1) is 6.10 Å². The number of fused-ring (bicyclic) bond motifs is 5. The van der Waals surface area contributed by atoms with Crippen molar-refractivity contribution in [2.24, 2.45) is 46.3 Å². The fraction of sp³-hybridized carbons (Fsp3) is 0.903. The van der Waals surface area contributed by atoms with Crippen molar-refractivity contribution in [2.75, 3.05) is 0 Å². The van der Waals surface area contributed by atoms with Crippen LogP contribution in [0, 0.1) is 46.3 Å². The first-order valence-corrected chi connectivity index (χ1v) is 14.6. The van der Waals surface area contributed by atoms with Gasteiger partial charge >= 0.3 is 6.16 Å². The van der Waals surface area contributed by atoms with Crippen molar-refractivity contribution in [1.29, 1.82) is 0 Å². The van der Waals surface area contributed by atoms with Crippen molar-refractivity contribution in [3.63, 3.8) is 0 Å². The van der Waals surface area contributed by atoms with E-state index >= 15 is 0 Å². The number of allylic oxidation sites excluding steroid dienone is 1. The second kappa shape index (κ2) is 10.2. The molecule has 0 aromatic rings. The van der Waals surface area contributed by atoms with Gasteiger partial charge in [-0.05, 0) is 118 Å². The Bertz CT molecular complexity index is 754. The number of carbonyl (C=O) groups excluding carboxylic acids is 1. The topological polar surface area (TPSA) is 35.5 Å². The number of hydrogen-bond acceptors (Lipinski definition) is 3.